The zero-order valence-electron chi connectivity index (χ0n) is 8.38. The molecule has 1 unspecified atom stereocenters. The molecule has 0 fully saturated rings. The van der Waals surface area contributed by atoms with Crippen molar-refractivity contribution >= 4 is 17.5 Å². The molecule has 0 aromatic carbocycles. The number of carbonyl (C=O) groups is 1. The van der Waals surface area contributed by atoms with E-state index < -0.39 is 0 Å². The Morgan fingerprint density at radius 3 is 2.31 bits per heavy atom. The van der Waals surface area contributed by atoms with Crippen molar-refractivity contribution in [2.24, 2.45) is 11.8 Å². The monoisotopic (exact) mass is 207 g/mol. The maximum absolute atomic E-state index is 11.3. The van der Waals surface area contributed by atoms with E-state index in [1.807, 2.05) is 13.8 Å². The van der Waals surface area contributed by atoms with Crippen LogP contribution in [0.25, 0.3) is 0 Å². The van der Waals surface area contributed by atoms with Gasteiger partial charge < -0.3 is 10.4 Å². The summed E-state index contributed by atoms with van der Waals surface area (Å²) in [5.41, 5.74) is 0. The van der Waals surface area contributed by atoms with Crippen molar-refractivity contribution < 1.29 is 9.90 Å². The predicted molar refractivity (Wildman–Crippen MR) is 53.7 cm³/mol. The Morgan fingerprint density at radius 1 is 1.46 bits per heavy atom. The van der Waals surface area contributed by atoms with Crippen LogP contribution in [-0.4, -0.2) is 29.5 Å². The van der Waals surface area contributed by atoms with Gasteiger partial charge >= 0.3 is 0 Å². The van der Waals surface area contributed by atoms with Gasteiger partial charge in [-0.15, -0.1) is 11.6 Å². The van der Waals surface area contributed by atoms with Crippen LogP contribution in [0.1, 0.15) is 20.8 Å². The van der Waals surface area contributed by atoms with Crippen LogP contribution in [0.4, 0.5) is 0 Å². The Balaban J connectivity index is 4.01. The smallest absolute Gasteiger partial charge is 0.224 e. The molecule has 2 N–H and O–H groups in total. The van der Waals surface area contributed by atoms with Gasteiger partial charge in [-0.1, -0.05) is 20.8 Å². The summed E-state index contributed by atoms with van der Waals surface area (Å²) >= 11 is 5.53. The highest BCUT2D eigenvalue weighted by Gasteiger charge is 2.18. The van der Waals surface area contributed by atoms with Crippen LogP contribution in [0.3, 0.4) is 0 Å². The van der Waals surface area contributed by atoms with Crippen LogP contribution in [0, 0.1) is 11.8 Å². The number of hydrogen-bond acceptors (Lipinski definition) is 2. The quantitative estimate of drug-likeness (QED) is 0.661. The minimum atomic E-state index is -0.200. The third kappa shape index (κ3) is 4.48. The van der Waals surface area contributed by atoms with E-state index in [0.29, 0.717) is 5.88 Å². The molecule has 0 bridgehead atoms. The zero-order valence-corrected chi connectivity index (χ0v) is 9.14. The van der Waals surface area contributed by atoms with E-state index in [2.05, 4.69) is 5.32 Å². The summed E-state index contributed by atoms with van der Waals surface area (Å²) in [7, 11) is 0. The summed E-state index contributed by atoms with van der Waals surface area (Å²) in [6.45, 7) is 5.63. The van der Waals surface area contributed by atoms with E-state index in [0.717, 1.165) is 0 Å². The molecule has 0 aliphatic heterocycles. The van der Waals surface area contributed by atoms with Crippen LogP contribution < -0.4 is 5.32 Å². The summed E-state index contributed by atoms with van der Waals surface area (Å²) in [5.74, 6) is 0.246. The summed E-state index contributed by atoms with van der Waals surface area (Å²) in [6, 6.07) is -0.168. The molecule has 13 heavy (non-hydrogen) atoms. The fourth-order valence-electron chi connectivity index (χ4n) is 0.818. The number of alkyl halides is 1. The number of rotatable bonds is 5. The average molecular weight is 208 g/mol. The van der Waals surface area contributed by atoms with Crippen molar-refractivity contribution in [2.75, 3.05) is 12.5 Å². The van der Waals surface area contributed by atoms with Crippen LogP contribution in [0.2, 0.25) is 0 Å². The molecule has 0 saturated carbocycles. The summed E-state index contributed by atoms with van der Waals surface area (Å²) < 4.78 is 0. The molecular formula is C9H18ClNO2. The second-order valence-electron chi connectivity index (χ2n) is 3.60. The normalized spacial score (nSPS) is 15.5. The molecule has 0 heterocycles. The minimum Gasteiger partial charge on any atom is -0.394 e. The molecule has 0 aromatic rings. The molecule has 0 rings (SSSR count). The number of hydrogen-bond donors (Lipinski definition) is 2. The highest BCUT2D eigenvalue weighted by molar-refractivity contribution is 6.19. The Bertz CT molecular complexity index is 162. The van der Waals surface area contributed by atoms with Crippen molar-refractivity contribution in [1.29, 1.82) is 0 Å². The topological polar surface area (TPSA) is 49.3 Å². The first-order chi connectivity index (χ1) is 6.02. The maximum Gasteiger partial charge on any atom is 0.224 e. The second kappa shape index (κ2) is 6.22. The van der Waals surface area contributed by atoms with E-state index in [4.69, 9.17) is 16.7 Å². The van der Waals surface area contributed by atoms with Gasteiger partial charge in [-0.2, -0.15) is 0 Å². The second-order valence-corrected chi connectivity index (χ2v) is 3.91. The molecule has 4 heteroatoms. The Hall–Kier alpha value is -0.280. The molecule has 0 aromatic heterocycles. The zero-order chi connectivity index (χ0) is 10.4. The van der Waals surface area contributed by atoms with Crippen LogP contribution in [0.15, 0.2) is 0 Å². The predicted octanol–water partition coefficient (Wildman–Crippen LogP) is 0.994. The molecule has 0 spiro atoms. The molecular weight excluding hydrogens is 190 g/mol. The van der Waals surface area contributed by atoms with Crippen LogP contribution >= 0.6 is 11.6 Å². The van der Waals surface area contributed by atoms with Gasteiger partial charge in [-0.3, -0.25) is 4.79 Å². The number of halogens is 1. The van der Waals surface area contributed by atoms with Gasteiger partial charge in [-0.25, -0.2) is 0 Å². The van der Waals surface area contributed by atoms with Crippen molar-refractivity contribution in [3.8, 4) is 0 Å². The van der Waals surface area contributed by atoms with Crippen molar-refractivity contribution in [3.63, 3.8) is 0 Å². The lowest BCUT2D eigenvalue weighted by atomic mass is 10.0. The minimum absolute atomic E-state index is 0.0294. The molecule has 78 valence electrons. The first-order valence-electron chi connectivity index (χ1n) is 4.50. The van der Waals surface area contributed by atoms with Crippen molar-refractivity contribution in [2.45, 2.75) is 26.8 Å². The SMILES string of the molecule is CC(CCl)C(=O)N[C@H](CO)C(C)C. The van der Waals surface area contributed by atoms with Gasteiger partial charge in [0.1, 0.15) is 0 Å². The number of nitrogens with one attached hydrogen (secondary N) is 1. The average Bonchev–Trinajstić information content (AvgIpc) is 2.11. The van der Waals surface area contributed by atoms with Gasteiger partial charge in [0.2, 0.25) is 5.91 Å². The number of aliphatic hydroxyl groups is 1. The Kier molecular flexibility index (Phi) is 6.08. The van der Waals surface area contributed by atoms with Gasteiger partial charge in [-0.05, 0) is 5.92 Å². The first-order valence-corrected chi connectivity index (χ1v) is 5.03. The standard InChI is InChI=1S/C9H18ClNO2/c1-6(2)8(5-12)11-9(13)7(3)4-10/h6-8,12H,4-5H2,1-3H3,(H,11,13)/t7?,8-/m1/s1. The van der Waals surface area contributed by atoms with Gasteiger partial charge in [0.15, 0.2) is 0 Å². The number of aliphatic hydroxyl groups excluding tert-OH is 1. The molecule has 1 amide bonds. The van der Waals surface area contributed by atoms with E-state index in [9.17, 15) is 4.79 Å². The van der Waals surface area contributed by atoms with Crippen molar-refractivity contribution in [1.82, 2.24) is 5.32 Å². The van der Waals surface area contributed by atoms with Gasteiger partial charge in [0.05, 0.1) is 12.6 Å². The lowest BCUT2D eigenvalue weighted by Crippen LogP contribution is -2.43. The van der Waals surface area contributed by atoms with Gasteiger partial charge in [0, 0.05) is 11.8 Å². The highest BCUT2D eigenvalue weighted by atomic mass is 35.5. The van der Waals surface area contributed by atoms with E-state index in [-0.39, 0.29) is 30.4 Å². The van der Waals surface area contributed by atoms with Crippen molar-refractivity contribution in [3.05, 3.63) is 0 Å². The third-order valence-electron chi connectivity index (χ3n) is 2.01. The third-order valence-corrected chi connectivity index (χ3v) is 2.47. The summed E-state index contributed by atoms with van der Waals surface area (Å²) in [6.07, 6.45) is 0. The largest absolute Gasteiger partial charge is 0.394 e. The summed E-state index contributed by atoms with van der Waals surface area (Å²) in [4.78, 5) is 11.3. The molecule has 3 nitrogen and oxygen atoms in total. The van der Waals surface area contributed by atoms with Gasteiger partial charge in [0.25, 0.3) is 0 Å². The number of carbonyl (C=O) groups excluding carboxylic acids is 1. The lowest BCUT2D eigenvalue weighted by molar-refractivity contribution is -0.125. The fourth-order valence-corrected chi connectivity index (χ4v) is 0.958. The number of amides is 1. The van der Waals surface area contributed by atoms with E-state index in [1.165, 1.54) is 0 Å². The Labute approximate surface area is 84.5 Å². The highest BCUT2D eigenvalue weighted by Crippen LogP contribution is 2.03. The molecule has 2 atom stereocenters. The van der Waals surface area contributed by atoms with E-state index in [1.54, 1.807) is 6.92 Å². The molecule has 0 saturated heterocycles. The first kappa shape index (κ1) is 12.7. The van der Waals surface area contributed by atoms with E-state index >= 15 is 0 Å². The molecule has 0 radical (unpaired) electrons. The Morgan fingerprint density at radius 2 is 2.00 bits per heavy atom. The lowest BCUT2D eigenvalue weighted by Gasteiger charge is -2.21. The van der Waals surface area contributed by atoms with Crippen LogP contribution in [0.5, 0.6) is 0 Å². The molecule has 0 aliphatic rings. The molecule has 0 aliphatic carbocycles. The van der Waals surface area contributed by atoms with Crippen LogP contribution in [-0.2, 0) is 4.79 Å². The fraction of sp³-hybridized carbons (Fsp3) is 0.889. The summed E-state index contributed by atoms with van der Waals surface area (Å²) in [5, 5.41) is 11.7. The maximum atomic E-state index is 11.3.